The number of nitrogens with one attached hydrogen (secondary N) is 2. The summed E-state index contributed by atoms with van der Waals surface area (Å²) in [6.45, 7) is 3.25. The van der Waals surface area contributed by atoms with Gasteiger partial charge < -0.3 is 11.1 Å². The van der Waals surface area contributed by atoms with Gasteiger partial charge in [-0.2, -0.15) is 11.8 Å². The van der Waals surface area contributed by atoms with Crippen molar-refractivity contribution in [3.05, 3.63) is 29.8 Å². The standard InChI is InChI=1S/C25H37N3O5S/c1-4-21(30)15-19(8-6-5-7-9-23(31)22(26)16-34-3)24(32)28-25(33)27-20-12-10-18(11-13-20)14-17(2)29/h10-13,19,22H,4-9,14-16,26H2,1-3H3,(H2,27,28,32,33). The minimum absolute atomic E-state index is 0.0378. The molecule has 2 atom stereocenters. The molecule has 3 amide bonds. The minimum Gasteiger partial charge on any atom is -0.321 e. The van der Waals surface area contributed by atoms with Crippen LogP contribution in [0.2, 0.25) is 0 Å². The van der Waals surface area contributed by atoms with Crippen LogP contribution in [0.4, 0.5) is 10.5 Å². The topological polar surface area (TPSA) is 135 Å². The van der Waals surface area contributed by atoms with Gasteiger partial charge >= 0.3 is 6.03 Å². The van der Waals surface area contributed by atoms with Gasteiger partial charge in [-0.3, -0.25) is 24.5 Å². The van der Waals surface area contributed by atoms with E-state index < -0.39 is 23.9 Å². The number of ketones is 3. The van der Waals surface area contributed by atoms with Crippen LogP contribution in [-0.4, -0.2) is 47.3 Å². The van der Waals surface area contributed by atoms with E-state index in [1.807, 2.05) is 6.26 Å². The molecule has 0 bridgehead atoms. The fraction of sp³-hybridized carbons (Fsp3) is 0.560. The number of unbranched alkanes of at least 4 members (excludes halogenated alkanes) is 2. The van der Waals surface area contributed by atoms with Crippen LogP contribution in [0.15, 0.2) is 24.3 Å². The summed E-state index contributed by atoms with van der Waals surface area (Å²) in [5, 5.41) is 4.92. The molecule has 4 N–H and O–H groups in total. The van der Waals surface area contributed by atoms with Crippen molar-refractivity contribution in [2.45, 2.75) is 71.3 Å². The lowest BCUT2D eigenvalue weighted by molar-refractivity contribution is -0.128. The van der Waals surface area contributed by atoms with Gasteiger partial charge in [0, 0.05) is 43.0 Å². The molecule has 1 aromatic carbocycles. The molecular formula is C25H37N3O5S. The van der Waals surface area contributed by atoms with Gasteiger partial charge in [0.05, 0.1) is 6.04 Å². The highest BCUT2D eigenvalue weighted by Gasteiger charge is 2.23. The molecule has 0 aliphatic carbocycles. The van der Waals surface area contributed by atoms with Crippen molar-refractivity contribution in [2.75, 3.05) is 17.3 Å². The van der Waals surface area contributed by atoms with Gasteiger partial charge in [-0.25, -0.2) is 4.79 Å². The monoisotopic (exact) mass is 491 g/mol. The molecule has 0 saturated heterocycles. The highest BCUT2D eigenvalue weighted by Crippen LogP contribution is 2.17. The second-order valence-electron chi connectivity index (χ2n) is 8.44. The minimum atomic E-state index is -0.674. The van der Waals surface area contributed by atoms with E-state index >= 15 is 0 Å². The van der Waals surface area contributed by atoms with E-state index in [9.17, 15) is 24.0 Å². The number of urea groups is 1. The van der Waals surface area contributed by atoms with Gasteiger partial charge in [-0.1, -0.05) is 31.9 Å². The molecule has 1 rings (SSSR count). The molecule has 34 heavy (non-hydrogen) atoms. The number of nitrogens with two attached hydrogens (primary N) is 1. The summed E-state index contributed by atoms with van der Waals surface area (Å²) in [5.41, 5.74) is 7.14. The number of thioether (sulfide) groups is 1. The smallest absolute Gasteiger partial charge is 0.321 e. The number of carbonyl (C=O) groups excluding carboxylic acids is 5. The van der Waals surface area contributed by atoms with Crippen molar-refractivity contribution in [3.63, 3.8) is 0 Å². The van der Waals surface area contributed by atoms with Crippen molar-refractivity contribution >= 4 is 46.7 Å². The van der Waals surface area contributed by atoms with E-state index in [0.717, 1.165) is 12.0 Å². The van der Waals surface area contributed by atoms with Gasteiger partial charge in [0.25, 0.3) is 0 Å². The number of anilines is 1. The molecule has 0 saturated carbocycles. The molecule has 0 spiro atoms. The number of imide groups is 1. The predicted octanol–water partition coefficient (Wildman–Crippen LogP) is 3.66. The number of Topliss-reactive ketones (excluding diaryl/α,β-unsaturated/α-hetero) is 3. The summed E-state index contributed by atoms with van der Waals surface area (Å²) in [6, 6.07) is 5.67. The first-order valence-corrected chi connectivity index (χ1v) is 13.0. The second-order valence-corrected chi connectivity index (χ2v) is 9.35. The van der Waals surface area contributed by atoms with E-state index in [1.54, 1.807) is 31.2 Å². The van der Waals surface area contributed by atoms with Crippen molar-refractivity contribution in [3.8, 4) is 0 Å². The molecule has 0 aliphatic heterocycles. The number of carbonyl (C=O) groups is 5. The van der Waals surface area contributed by atoms with Crippen LogP contribution in [-0.2, 0) is 25.6 Å². The molecule has 9 heteroatoms. The van der Waals surface area contributed by atoms with Crippen LogP contribution in [0.1, 0.15) is 64.4 Å². The van der Waals surface area contributed by atoms with Gasteiger partial charge in [-0.05, 0) is 43.7 Å². The quantitative estimate of drug-likeness (QED) is 0.300. The van der Waals surface area contributed by atoms with Crippen molar-refractivity contribution in [1.82, 2.24) is 5.32 Å². The summed E-state index contributed by atoms with van der Waals surface area (Å²) in [4.78, 5) is 60.1. The molecule has 0 aromatic heterocycles. The van der Waals surface area contributed by atoms with Gasteiger partial charge in [-0.15, -0.1) is 0 Å². The Morgan fingerprint density at radius 2 is 1.71 bits per heavy atom. The van der Waals surface area contributed by atoms with E-state index in [0.29, 0.717) is 50.0 Å². The van der Waals surface area contributed by atoms with Gasteiger partial charge in [0.2, 0.25) is 5.91 Å². The normalized spacial score (nSPS) is 12.5. The van der Waals surface area contributed by atoms with Crippen molar-refractivity contribution in [2.24, 2.45) is 11.7 Å². The van der Waals surface area contributed by atoms with Crippen LogP contribution in [0.3, 0.4) is 0 Å². The zero-order valence-electron chi connectivity index (χ0n) is 20.4. The lowest BCUT2D eigenvalue weighted by atomic mass is 9.93. The van der Waals surface area contributed by atoms with Crippen LogP contribution in [0.25, 0.3) is 0 Å². The lowest BCUT2D eigenvalue weighted by Gasteiger charge is -2.16. The van der Waals surface area contributed by atoms with Crippen LogP contribution in [0, 0.1) is 5.92 Å². The van der Waals surface area contributed by atoms with E-state index in [1.165, 1.54) is 18.7 Å². The Morgan fingerprint density at radius 3 is 2.29 bits per heavy atom. The molecule has 0 radical (unpaired) electrons. The zero-order chi connectivity index (χ0) is 25.5. The number of hydrogen-bond donors (Lipinski definition) is 3. The molecule has 0 aliphatic rings. The highest BCUT2D eigenvalue weighted by molar-refractivity contribution is 7.98. The predicted molar refractivity (Wildman–Crippen MR) is 136 cm³/mol. The molecule has 8 nitrogen and oxygen atoms in total. The van der Waals surface area contributed by atoms with Crippen molar-refractivity contribution in [1.29, 1.82) is 0 Å². The summed E-state index contributed by atoms with van der Waals surface area (Å²) in [6.07, 6.45) is 5.56. The Hall–Kier alpha value is -2.52. The van der Waals surface area contributed by atoms with Crippen LogP contribution < -0.4 is 16.4 Å². The summed E-state index contributed by atoms with van der Waals surface area (Å²) >= 11 is 1.54. The number of rotatable bonds is 16. The first-order valence-electron chi connectivity index (χ1n) is 11.6. The number of hydrogen-bond acceptors (Lipinski definition) is 7. The largest absolute Gasteiger partial charge is 0.325 e. The third-order valence-corrected chi connectivity index (χ3v) is 6.07. The highest BCUT2D eigenvalue weighted by atomic mass is 32.2. The maximum Gasteiger partial charge on any atom is 0.325 e. The molecule has 1 aromatic rings. The Kier molecular flexibility index (Phi) is 14.0. The Labute approximate surface area is 206 Å². The second kappa shape index (κ2) is 16.2. The third-order valence-electron chi connectivity index (χ3n) is 5.38. The Bertz CT molecular complexity index is 841. The maximum atomic E-state index is 12.7. The van der Waals surface area contributed by atoms with E-state index in [2.05, 4.69) is 10.6 Å². The first kappa shape index (κ1) is 29.5. The Balaban J connectivity index is 2.54. The summed E-state index contributed by atoms with van der Waals surface area (Å²) < 4.78 is 0. The Morgan fingerprint density at radius 1 is 1.03 bits per heavy atom. The lowest BCUT2D eigenvalue weighted by Crippen LogP contribution is -2.39. The molecular weight excluding hydrogens is 454 g/mol. The number of benzene rings is 1. The SMILES string of the molecule is CCC(=O)CC(CCCCCC(=O)C(N)CSC)C(=O)NC(=O)Nc1ccc(CC(C)=O)cc1. The fourth-order valence-electron chi connectivity index (χ4n) is 3.44. The zero-order valence-corrected chi connectivity index (χ0v) is 21.2. The third kappa shape index (κ3) is 12.1. The molecule has 2 unspecified atom stereocenters. The summed E-state index contributed by atoms with van der Waals surface area (Å²) in [5.74, 6) is -0.459. The molecule has 188 valence electrons. The van der Waals surface area contributed by atoms with Crippen LogP contribution in [0.5, 0.6) is 0 Å². The first-order chi connectivity index (χ1) is 16.2. The van der Waals surface area contributed by atoms with Crippen molar-refractivity contribution < 1.29 is 24.0 Å². The average molecular weight is 492 g/mol. The van der Waals surface area contributed by atoms with Crippen LogP contribution >= 0.6 is 11.8 Å². The molecule has 0 heterocycles. The number of amides is 3. The van der Waals surface area contributed by atoms with Gasteiger partial charge in [0.15, 0.2) is 0 Å². The molecule has 0 fully saturated rings. The summed E-state index contributed by atoms with van der Waals surface area (Å²) in [7, 11) is 0. The van der Waals surface area contributed by atoms with Gasteiger partial charge in [0.1, 0.15) is 17.3 Å². The fourth-order valence-corrected chi connectivity index (χ4v) is 3.98. The maximum absolute atomic E-state index is 12.7. The average Bonchev–Trinajstić information content (AvgIpc) is 2.78. The van der Waals surface area contributed by atoms with E-state index in [4.69, 9.17) is 5.73 Å². The van der Waals surface area contributed by atoms with E-state index in [-0.39, 0.29) is 23.8 Å².